The van der Waals surface area contributed by atoms with E-state index in [9.17, 15) is 0 Å². The molecule has 26 valence electrons. The van der Waals surface area contributed by atoms with Gasteiger partial charge in [0.15, 0.2) is 0 Å². The number of nitrogens with one attached hydrogen (secondary N) is 1. The number of H-pyrrole nitrogens is 1. The van der Waals surface area contributed by atoms with Gasteiger partial charge in [-0.15, -0.1) is 12.4 Å². The van der Waals surface area contributed by atoms with E-state index in [1.165, 1.54) is 0 Å². The SMILES string of the molecule is [Li+].[c-]1cc[nH]n1. The second-order valence-corrected chi connectivity index (χ2v) is 0.703. The summed E-state index contributed by atoms with van der Waals surface area (Å²) in [6.45, 7) is 0. The van der Waals surface area contributed by atoms with Gasteiger partial charge in [0.05, 0.1) is 0 Å². The van der Waals surface area contributed by atoms with Crippen molar-refractivity contribution < 1.29 is 18.9 Å². The van der Waals surface area contributed by atoms with E-state index in [0.717, 1.165) is 0 Å². The quantitative estimate of drug-likeness (QED) is 0.261. The van der Waals surface area contributed by atoms with Crippen molar-refractivity contribution in [2.75, 3.05) is 0 Å². The second-order valence-electron chi connectivity index (χ2n) is 0.703. The van der Waals surface area contributed by atoms with Crippen molar-refractivity contribution in [3.63, 3.8) is 0 Å². The summed E-state index contributed by atoms with van der Waals surface area (Å²) in [5.41, 5.74) is 0. The minimum atomic E-state index is 0. The molecule has 0 aliphatic heterocycles. The van der Waals surface area contributed by atoms with Gasteiger partial charge in [0.2, 0.25) is 0 Å². The minimum absolute atomic E-state index is 0. The van der Waals surface area contributed by atoms with Crippen LogP contribution in [0.1, 0.15) is 0 Å². The molecule has 0 fully saturated rings. The Labute approximate surface area is 48.1 Å². The van der Waals surface area contributed by atoms with Crippen molar-refractivity contribution in [1.82, 2.24) is 10.2 Å². The zero-order valence-electron chi connectivity index (χ0n) is 3.60. The fourth-order valence-corrected chi connectivity index (χ4v) is 0.186. The first-order valence-electron chi connectivity index (χ1n) is 1.36. The van der Waals surface area contributed by atoms with Gasteiger partial charge in [-0.2, -0.15) is 6.07 Å². The van der Waals surface area contributed by atoms with Crippen LogP contribution in [0.2, 0.25) is 0 Å². The van der Waals surface area contributed by atoms with Crippen molar-refractivity contribution in [3.8, 4) is 0 Å². The van der Waals surface area contributed by atoms with E-state index in [1.807, 2.05) is 0 Å². The van der Waals surface area contributed by atoms with Crippen molar-refractivity contribution in [3.05, 3.63) is 18.5 Å². The first-order valence-corrected chi connectivity index (χ1v) is 1.36. The van der Waals surface area contributed by atoms with Crippen LogP contribution in [0, 0.1) is 6.20 Å². The summed E-state index contributed by atoms with van der Waals surface area (Å²) in [5, 5.41) is 6.03. The van der Waals surface area contributed by atoms with Crippen LogP contribution in [-0.2, 0) is 0 Å². The van der Waals surface area contributed by atoms with Gasteiger partial charge in [-0.25, -0.2) is 0 Å². The molecule has 0 saturated heterocycles. The molecule has 0 spiro atoms. The number of hydrogen-bond donors (Lipinski definition) is 1. The first-order chi connectivity index (χ1) is 2.50. The van der Waals surface area contributed by atoms with Crippen molar-refractivity contribution >= 4 is 0 Å². The maximum absolute atomic E-state index is 3.47. The van der Waals surface area contributed by atoms with Gasteiger partial charge in [0.25, 0.3) is 0 Å². The molecule has 1 N–H and O–H groups in total. The Bertz CT molecular complexity index is 65.3. The fraction of sp³-hybridized carbons (Fsp3) is 0. The molecule has 1 heterocycles. The average molecular weight is 74.0 g/mol. The molecule has 0 aliphatic rings. The molecule has 2 nitrogen and oxygen atoms in total. The molecule has 0 aliphatic carbocycles. The van der Waals surface area contributed by atoms with Gasteiger partial charge in [0.1, 0.15) is 0 Å². The third-order valence-corrected chi connectivity index (χ3v) is 0.362. The van der Waals surface area contributed by atoms with Crippen LogP contribution in [0.5, 0.6) is 0 Å². The molecule has 1 aromatic heterocycles. The van der Waals surface area contributed by atoms with Gasteiger partial charge in [-0.1, -0.05) is 0 Å². The van der Waals surface area contributed by atoms with E-state index in [4.69, 9.17) is 0 Å². The summed E-state index contributed by atoms with van der Waals surface area (Å²) in [7, 11) is 0. The third-order valence-electron chi connectivity index (χ3n) is 0.362. The molecule has 0 radical (unpaired) electrons. The van der Waals surface area contributed by atoms with Gasteiger partial charge >= 0.3 is 18.9 Å². The fourth-order valence-electron chi connectivity index (χ4n) is 0.186. The zero-order chi connectivity index (χ0) is 3.54. The molecule has 1 aromatic rings. The van der Waals surface area contributed by atoms with E-state index in [1.54, 1.807) is 12.3 Å². The second kappa shape index (κ2) is 3.02. The first kappa shape index (κ1) is 5.81. The normalized spacial score (nSPS) is 6.67. The Morgan fingerprint density at radius 2 is 2.50 bits per heavy atom. The Kier molecular flexibility index (Phi) is 2.92. The molecule has 3 heteroatoms. The largest absolute Gasteiger partial charge is 1.00 e. The minimum Gasteiger partial charge on any atom is -0.382 e. The monoisotopic (exact) mass is 74.0 g/mol. The molecule has 0 unspecified atom stereocenters. The number of aromatic nitrogens is 2. The van der Waals surface area contributed by atoms with E-state index >= 15 is 0 Å². The maximum Gasteiger partial charge on any atom is 1.00 e. The molecular weight excluding hydrogens is 71.0 g/mol. The van der Waals surface area contributed by atoms with E-state index < -0.39 is 0 Å². The summed E-state index contributed by atoms with van der Waals surface area (Å²) in [6.07, 6.45) is 4.26. The van der Waals surface area contributed by atoms with Crippen molar-refractivity contribution in [2.24, 2.45) is 0 Å². The zero-order valence-corrected chi connectivity index (χ0v) is 3.60. The number of rotatable bonds is 0. The van der Waals surface area contributed by atoms with Crippen molar-refractivity contribution in [2.45, 2.75) is 0 Å². The van der Waals surface area contributed by atoms with Gasteiger partial charge < -0.3 is 10.2 Å². The summed E-state index contributed by atoms with van der Waals surface area (Å²) in [6, 6.07) is 1.71. The molecule has 0 bridgehead atoms. The van der Waals surface area contributed by atoms with Crippen LogP contribution in [0.3, 0.4) is 0 Å². The smallest absolute Gasteiger partial charge is 0.382 e. The third kappa shape index (κ3) is 1.30. The number of nitrogens with zero attached hydrogens (tertiary/aromatic N) is 1. The molecular formula is C3H3LiN2. The van der Waals surface area contributed by atoms with Crippen LogP contribution >= 0.6 is 0 Å². The summed E-state index contributed by atoms with van der Waals surface area (Å²) in [5.74, 6) is 0. The Hall–Kier alpha value is -0.193. The van der Waals surface area contributed by atoms with E-state index in [0.29, 0.717) is 0 Å². The molecule has 1 rings (SSSR count). The molecule has 0 saturated carbocycles. The predicted octanol–water partition coefficient (Wildman–Crippen LogP) is -2.79. The Morgan fingerprint density at radius 1 is 1.67 bits per heavy atom. The van der Waals surface area contributed by atoms with Gasteiger partial charge in [-0.05, 0) is 0 Å². The standard InChI is InChI=1S/C3H3N2.Li/c1-2-4-5-3-1;/h1-2H,(H,4,5);/q-1;+1. The average Bonchev–Trinajstić information content (AvgIpc) is 1.76. The van der Waals surface area contributed by atoms with Crippen LogP contribution < -0.4 is 18.9 Å². The van der Waals surface area contributed by atoms with Crippen molar-refractivity contribution in [1.29, 1.82) is 0 Å². The molecule has 0 amide bonds. The maximum atomic E-state index is 3.47. The molecule has 0 aromatic carbocycles. The van der Waals surface area contributed by atoms with Crippen LogP contribution in [0.4, 0.5) is 0 Å². The number of aromatic amines is 1. The molecule has 6 heavy (non-hydrogen) atoms. The van der Waals surface area contributed by atoms with Gasteiger partial charge in [0, 0.05) is 0 Å². The van der Waals surface area contributed by atoms with Gasteiger partial charge in [-0.3, -0.25) is 0 Å². The Balaban J connectivity index is 0.000000250. The predicted molar refractivity (Wildman–Crippen MR) is 17.4 cm³/mol. The van der Waals surface area contributed by atoms with Crippen LogP contribution in [-0.4, -0.2) is 10.2 Å². The van der Waals surface area contributed by atoms with Crippen LogP contribution in [0.25, 0.3) is 0 Å². The van der Waals surface area contributed by atoms with E-state index in [-0.39, 0.29) is 18.9 Å². The number of hydrogen-bond acceptors (Lipinski definition) is 1. The van der Waals surface area contributed by atoms with E-state index in [2.05, 4.69) is 16.4 Å². The summed E-state index contributed by atoms with van der Waals surface area (Å²) < 4.78 is 0. The Morgan fingerprint density at radius 3 is 2.67 bits per heavy atom. The summed E-state index contributed by atoms with van der Waals surface area (Å²) in [4.78, 5) is 0. The topological polar surface area (TPSA) is 28.7 Å². The van der Waals surface area contributed by atoms with Crippen LogP contribution in [0.15, 0.2) is 12.3 Å². The summed E-state index contributed by atoms with van der Waals surface area (Å²) >= 11 is 0. The molecule has 0 atom stereocenters.